The van der Waals surface area contributed by atoms with Crippen molar-refractivity contribution in [2.75, 3.05) is 6.54 Å². The van der Waals surface area contributed by atoms with E-state index in [0.29, 0.717) is 6.04 Å². The Hall–Kier alpha value is -0.820. The van der Waals surface area contributed by atoms with Crippen LogP contribution in [0.5, 0.6) is 0 Å². The normalized spacial score (nSPS) is 13.8. The average molecular weight is 219 g/mol. The van der Waals surface area contributed by atoms with Crippen LogP contribution in [0.15, 0.2) is 24.3 Å². The van der Waals surface area contributed by atoms with Crippen molar-refractivity contribution in [2.24, 2.45) is 0 Å². The predicted octanol–water partition coefficient (Wildman–Crippen LogP) is 3.66. The molecule has 1 unspecified atom stereocenters. The minimum Gasteiger partial charge on any atom is -0.315 e. The van der Waals surface area contributed by atoms with Crippen LogP contribution in [-0.4, -0.2) is 12.6 Å². The van der Waals surface area contributed by atoms with Gasteiger partial charge in [-0.05, 0) is 37.8 Å². The monoisotopic (exact) mass is 219 g/mol. The SMILES string of the molecule is CCNC(C)CC(C)(C)c1ccc(C)cc1. The minimum absolute atomic E-state index is 0.245. The molecule has 0 amide bonds. The second-order valence-corrected chi connectivity index (χ2v) is 5.41. The third-order valence-corrected chi connectivity index (χ3v) is 3.20. The molecule has 1 aromatic carbocycles. The molecule has 0 heterocycles. The van der Waals surface area contributed by atoms with Crippen molar-refractivity contribution in [3.05, 3.63) is 35.4 Å². The summed E-state index contributed by atoms with van der Waals surface area (Å²) < 4.78 is 0. The van der Waals surface area contributed by atoms with Gasteiger partial charge in [-0.2, -0.15) is 0 Å². The van der Waals surface area contributed by atoms with Gasteiger partial charge in [0, 0.05) is 6.04 Å². The molecule has 1 N–H and O–H groups in total. The van der Waals surface area contributed by atoms with E-state index in [4.69, 9.17) is 0 Å². The molecular weight excluding hydrogens is 194 g/mol. The van der Waals surface area contributed by atoms with Gasteiger partial charge in [-0.3, -0.25) is 0 Å². The largest absolute Gasteiger partial charge is 0.315 e. The fourth-order valence-corrected chi connectivity index (χ4v) is 2.31. The van der Waals surface area contributed by atoms with Gasteiger partial charge in [0.15, 0.2) is 0 Å². The van der Waals surface area contributed by atoms with E-state index in [2.05, 4.69) is 64.2 Å². The van der Waals surface area contributed by atoms with E-state index in [-0.39, 0.29) is 5.41 Å². The fourth-order valence-electron chi connectivity index (χ4n) is 2.31. The molecule has 1 aromatic rings. The quantitative estimate of drug-likeness (QED) is 0.797. The molecule has 1 atom stereocenters. The van der Waals surface area contributed by atoms with Crippen LogP contribution in [0.25, 0.3) is 0 Å². The van der Waals surface area contributed by atoms with Gasteiger partial charge in [0.25, 0.3) is 0 Å². The van der Waals surface area contributed by atoms with E-state index < -0.39 is 0 Å². The van der Waals surface area contributed by atoms with Gasteiger partial charge in [-0.15, -0.1) is 0 Å². The first-order chi connectivity index (χ1) is 7.45. The maximum Gasteiger partial charge on any atom is 0.00468 e. The zero-order valence-corrected chi connectivity index (χ0v) is 11.3. The number of hydrogen-bond donors (Lipinski definition) is 1. The van der Waals surface area contributed by atoms with E-state index in [1.807, 2.05) is 0 Å². The Labute approximate surface area is 100 Å². The van der Waals surface area contributed by atoms with Crippen LogP contribution in [0.3, 0.4) is 0 Å². The highest BCUT2D eigenvalue weighted by Crippen LogP contribution is 2.28. The number of aryl methyl sites for hydroxylation is 1. The van der Waals surface area contributed by atoms with Crippen molar-refractivity contribution < 1.29 is 0 Å². The zero-order chi connectivity index (χ0) is 12.2. The van der Waals surface area contributed by atoms with Crippen molar-refractivity contribution in [1.29, 1.82) is 0 Å². The summed E-state index contributed by atoms with van der Waals surface area (Å²) in [6, 6.07) is 9.49. The lowest BCUT2D eigenvalue weighted by Gasteiger charge is -2.29. The van der Waals surface area contributed by atoms with E-state index in [1.165, 1.54) is 17.5 Å². The molecule has 0 saturated heterocycles. The Morgan fingerprint density at radius 2 is 1.75 bits per heavy atom. The summed E-state index contributed by atoms with van der Waals surface area (Å²) in [5.74, 6) is 0. The Kier molecular flexibility index (Phi) is 4.55. The average Bonchev–Trinajstić information content (AvgIpc) is 2.17. The molecule has 90 valence electrons. The second-order valence-electron chi connectivity index (χ2n) is 5.41. The summed E-state index contributed by atoms with van der Waals surface area (Å²) in [5.41, 5.74) is 3.01. The van der Waals surface area contributed by atoms with Gasteiger partial charge in [-0.1, -0.05) is 50.6 Å². The summed E-state index contributed by atoms with van der Waals surface area (Å²) in [7, 11) is 0. The zero-order valence-electron chi connectivity index (χ0n) is 11.3. The van der Waals surface area contributed by atoms with Crippen LogP contribution in [0.1, 0.15) is 45.2 Å². The molecule has 0 aliphatic carbocycles. The van der Waals surface area contributed by atoms with Gasteiger partial charge >= 0.3 is 0 Å². The standard InChI is InChI=1S/C15H25N/c1-6-16-13(3)11-15(4,5)14-9-7-12(2)8-10-14/h7-10,13,16H,6,11H2,1-5H3. The van der Waals surface area contributed by atoms with Crippen LogP contribution in [-0.2, 0) is 5.41 Å². The first-order valence-corrected chi connectivity index (χ1v) is 6.26. The summed E-state index contributed by atoms with van der Waals surface area (Å²) in [6.45, 7) is 12.3. The fraction of sp³-hybridized carbons (Fsp3) is 0.600. The molecule has 0 fully saturated rings. The Balaban J connectivity index is 2.72. The number of hydrogen-bond acceptors (Lipinski definition) is 1. The van der Waals surface area contributed by atoms with Crippen LogP contribution < -0.4 is 5.32 Å². The van der Waals surface area contributed by atoms with E-state index in [0.717, 1.165) is 6.54 Å². The van der Waals surface area contributed by atoms with Crippen molar-refractivity contribution in [1.82, 2.24) is 5.32 Å². The van der Waals surface area contributed by atoms with E-state index >= 15 is 0 Å². The highest BCUT2D eigenvalue weighted by atomic mass is 14.9. The molecule has 16 heavy (non-hydrogen) atoms. The van der Waals surface area contributed by atoms with Crippen molar-refractivity contribution in [3.8, 4) is 0 Å². The lowest BCUT2D eigenvalue weighted by atomic mass is 9.79. The molecular formula is C15H25N. The van der Waals surface area contributed by atoms with Crippen molar-refractivity contribution >= 4 is 0 Å². The number of benzene rings is 1. The Morgan fingerprint density at radius 3 is 2.25 bits per heavy atom. The number of nitrogens with one attached hydrogen (secondary N) is 1. The molecule has 1 heteroatoms. The van der Waals surface area contributed by atoms with Gasteiger partial charge in [0.2, 0.25) is 0 Å². The molecule has 0 bridgehead atoms. The highest BCUT2D eigenvalue weighted by Gasteiger charge is 2.22. The molecule has 0 radical (unpaired) electrons. The molecule has 1 nitrogen and oxygen atoms in total. The molecule has 0 aliphatic rings. The predicted molar refractivity (Wildman–Crippen MR) is 72.0 cm³/mol. The molecule has 0 aliphatic heterocycles. The molecule has 0 saturated carbocycles. The Morgan fingerprint density at radius 1 is 1.19 bits per heavy atom. The van der Waals surface area contributed by atoms with Gasteiger partial charge < -0.3 is 5.32 Å². The molecule has 1 rings (SSSR count). The number of rotatable bonds is 5. The summed E-state index contributed by atoms with van der Waals surface area (Å²) in [6.07, 6.45) is 1.17. The maximum absolute atomic E-state index is 3.48. The van der Waals surface area contributed by atoms with Crippen molar-refractivity contribution in [3.63, 3.8) is 0 Å². The lowest BCUT2D eigenvalue weighted by Crippen LogP contribution is -2.33. The van der Waals surface area contributed by atoms with Crippen LogP contribution in [0.2, 0.25) is 0 Å². The molecule has 0 aromatic heterocycles. The summed E-state index contributed by atoms with van der Waals surface area (Å²) in [4.78, 5) is 0. The maximum atomic E-state index is 3.48. The lowest BCUT2D eigenvalue weighted by molar-refractivity contribution is 0.394. The van der Waals surface area contributed by atoms with E-state index in [9.17, 15) is 0 Å². The van der Waals surface area contributed by atoms with E-state index in [1.54, 1.807) is 0 Å². The first-order valence-electron chi connectivity index (χ1n) is 6.26. The first kappa shape index (κ1) is 13.2. The topological polar surface area (TPSA) is 12.0 Å². The summed E-state index contributed by atoms with van der Waals surface area (Å²) >= 11 is 0. The minimum atomic E-state index is 0.245. The Bertz CT molecular complexity index is 311. The second kappa shape index (κ2) is 5.49. The molecule has 0 spiro atoms. The van der Waals surface area contributed by atoms with Crippen molar-refractivity contribution in [2.45, 2.75) is 52.5 Å². The van der Waals surface area contributed by atoms with Gasteiger partial charge in [0.05, 0.1) is 0 Å². The van der Waals surface area contributed by atoms with Gasteiger partial charge in [-0.25, -0.2) is 0 Å². The summed E-state index contributed by atoms with van der Waals surface area (Å²) in [5, 5.41) is 3.48. The third-order valence-electron chi connectivity index (χ3n) is 3.20. The third kappa shape index (κ3) is 3.64. The highest BCUT2D eigenvalue weighted by molar-refractivity contribution is 5.27. The van der Waals surface area contributed by atoms with Crippen LogP contribution in [0, 0.1) is 6.92 Å². The smallest absolute Gasteiger partial charge is 0.00468 e. The van der Waals surface area contributed by atoms with Crippen LogP contribution >= 0.6 is 0 Å². The van der Waals surface area contributed by atoms with Gasteiger partial charge in [0.1, 0.15) is 0 Å². The van der Waals surface area contributed by atoms with Crippen LogP contribution in [0.4, 0.5) is 0 Å².